The number of rotatable bonds is 6. The van der Waals surface area contributed by atoms with Gasteiger partial charge in [-0.3, -0.25) is 14.3 Å². The van der Waals surface area contributed by atoms with Gasteiger partial charge in [-0.05, 0) is 19.9 Å². The van der Waals surface area contributed by atoms with Crippen molar-refractivity contribution >= 4 is 8.25 Å². The van der Waals surface area contributed by atoms with Gasteiger partial charge in [0, 0.05) is 16.3 Å². The monoisotopic (exact) mass is 315 g/mol. The van der Waals surface area contributed by atoms with Crippen LogP contribution in [0.5, 0.6) is 0 Å². The van der Waals surface area contributed by atoms with Crippen molar-refractivity contribution < 1.29 is 18.3 Å². The molecule has 1 aliphatic heterocycles. The maximum Gasteiger partial charge on any atom is 0.697 e. The van der Waals surface area contributed by atoms with Gasteiger partial charge in [0.25, 0.3) is 5.56 Å². The van der Waals surface area contributed by atoms with Crippen molar-refractivity contribution in [2.45, 2.75) is 26.2 Å². The van der Waals surface area contributed by atoms with E-state index in [9.17, 15) is 14.2 Å². The smallest absolute Gasteiger partial charge is 0.344 e. The molecule has 0 bridgehead atoms. The maximum absolute atomic E-state index is 11.7. The lowest BCUT2D eigenvalue weighted by Gasteiger charge is -2.14. The predicted octanol–water partition coefficient (Wildman–Crippen LogP) is 1.01. The zero-order chi connectivity index (χ0) is 15.4. The molecule has 2 rings (SSSR count). The standard InChI is InChI=1S/C12H15N2O6P/c1-3-18-21(17)19-7-9-4-5-10(20-9)14-6-8(2)11(15)13-12(14)16/h4-6,9-10H,3,7H2,1-2H3/p+1/t9-,10+/m0/s1. The van der Waals surface area contributed by atoms with E-state index in [1.165, 1.54) is 10.8 Å². The Morgan fingerprint density at radius 2 is 2.14 bits per heavy atom. The highest BCUT2D eigenvalue weighted by Gasteiger charge is 2.27. The molecule has 0 radical (unpaired) electrons. The Morgan fingerprint density at radius 3 is 2.86 bits per heavy atom. The number of aromatic amines is 1. The van der Waals surface area contributed by atoms with E-state index in [0.717, 1.165) is 0 Å². The Hall–Kier alpha value is -1.60. The molecule has 1 aliphatic rings. The molecular weight excluding hydrogens is 299 g/mol. The number of hydrogen-bond acceptors (Lipinski definition) is 6. The molecule has 1 aromatic rings. The lowest BCUT2D eigenvalue weighted by Crippen LogP contribution is -2.33. The zero-order valence-electron chi connectivity index (χ0n) is 11.6. The lowest BCUT2D eigenvalue weighted by molar-refractivity contribution is -0.00671. The third-order valence-corrected chi connectivity index (χ3v) is 3.63. The first-order chi connectivity index (χ1) is 10.0. The Labute approximate surface area is 121 Å². The maximum atomic E-state index is 11.7. The summed E-state index contributed by atoms with van der Waals surface area (Å²) in [7, 11) is -2.16. The summed E-state index contributed by atoms with van der Waals surface area (Å²) in [6.07, 6.45) is 3.73. The Morgan fingerprint density at radius 1 is 1.38 bits per heavy atom. The Kier molecular flexibility index (Phi) is 5.19. The molecule has 3 atom stereocenters. The predicted molar refractivity (Wildman–Crippen MR) is 74.3 cm³/mol. The van der Waals surface area contributed by atoms with Crippen molar-refractivity contribution in [2.24, 2.45) is 0 Å². The fraction of sp³-hybridized carbons (Fsp3) is 0.500. The van der Waals surface area contributed by atoms with E-state index in [1.807, 2.05) is 0 Å². The molecule has 1 aromatic heterocycles. The molecule has 8 nitrogen and oxygen atoms in total. The summed E-state index contributed by atoms with van der Waals surface area (Å²) in [6.45, 7) is 3.66. The lowest BCUT2D eigenvalue weighted by atomic mass is 10.3. The van der Waals surface area contributed by atoms with E-state index in [2.05, 4.69) is 4.98 Å². The largest absolute Gasteiger partial charge is 0.697 e. The molecule has 0 saturated heterocycles. The van der Waals surface area contributed by atoms with Gasteiger partial charge < -0.3 is 4.74 Å². The van der Waals surface area contributed by atoms with Gasteiger partial charge >= 0.3 is 13.9 Å². The first-order valence-electron chi connectivity index (χ1n) is 6.40. The van der Waals surface area contributed by atoms with E-state index < -0.39 is 31.8 Å². The number of ether oxygens (including phenoxy) is 1. The minimum absolute atomic E-state index is 0.0549. The quantitative estimate of drug-likeness (QED) is 0.621. The Bertz CT molecular complexity index is 664. The SMILES string of the molecule is CCO[P+](=O)OC[C@@H]1C=C[C@H](n2cc(C)c(=O)[nH]c2=O)O1. The molecule has 0 saturated carbocycles. The van der Waals surface area contributed by atoms with Gasteiger partial charge in [-0.25, -0.2) is 4.79 Å². The van der Waals surface area contributed by atoms with Crippen molar-refractivity contribution in [3.63, 3.8) is 0 Å². The molecule has 1 unspecified atom stereocenters. The molecular formula is C12H16N2O6P+. The second-order valence-electron chi connectivity index (χ2n) is 4.37. The highest BCUT2D eigenvalue weighted by Crippen LogP contribution is 2.26. The second-order valence-corrected chi connectivity index (χ2v) is 5.33. The van der Waals surface area contributed by atoms with Crippen molar-refractivity contribution in [1.82, 2.24) is 9.55 Å². The number of nitrogens with zero attached hydrogens (tertiary/aromatic N) is 1. The molecule has 0 aromatic carbocycles. The number of H-pyrrole nitrogens is 1. The molecule has 0 aliphatic carbocycles. The number of aromatic nitrogens is 2. The van der Waals surface area contributed by atoms with E-state index in [1.54, 1.807) is 26.0 Å². The van der Waals surface area contributed by atoms with Crippen LogP contribution in [0.25, 0.3) is 0 Å². The molecule has 0 spiro atoms. The third-order valence-electron chi connectivity index (χ3n) is 2.80. The van der Waals surface area contributed by atoms with Crippen LogP contribution in [0.15, 0.2) is 27.9 Å². The number of nitrogens with one attached hydrogen (secondary N) is 1. The molecule has 2 heterocycles. The molecule has 0 fully saturated rings. The van der Waals surface area contributed by atoms with Crippen molar-refractivity contribution in [3.05, 3.63) is 44.8 Å². The summed E-state index contributed by atoms with van der Waals surface area (Å²) >= 11 is 0. The zero-order valence-corrected chi connectivity index (χ0v) is 12.5. The third kappa shape index (κ3) is 3.95. The summed E-state index contributed by atoms with van der Waals surface area (Å²) in [5, 5.41) is 0. The van der Waals surface area contributed by atoms with E-state index in [0.29, 0.717) is 12.2 Å². The highest BCUT2D eigenvalue weighted by molar-refractivity contribution is 7.33. The van der Waals surface area contributed by atoms with Crippen LogP contribution in [-0.4, -0.2) is 28.9 Å². The normalized spacial score (nSPS) is 21.7. The minimum atomic E-state index is -2.16. The van der Waals surface area contributed by atoms with Gasteiger partial charge in [-0.1, -0.05) is 6.08 Å². The van der Waals surface area contributed by atoms with Crippen LogP contribution < -0.4 is 11.2 Å². The Balaban J connectivity index is 1.99. The summed E-state index contributed by atoms with van der Waals surface area (Å²) in [6, 6.07) is 0. The van der Waals surface area contributed by atoms with Gasteiger partial charge in [0.2, 0.25) is 0 Å². The van der Waals surface area contributed by atoms with Crippen LogP contribution >= 0.6 is 8.25 Å². The van der Waals surface area contributed by atoms with Gasteiger partial charge in [0.1, 0.15) is 19.3 Å². The topological polar surface area (TPSA) is 99.6 Å². The van der Waals surface area contributed by atoms with Crippen LogP contribution in [0.1, 0.15) is 18.7 Å². The number of aryl methyl sites for hydroxylation is 1. The average Bonchev–Trinajstić information content (AvgIpc) is 2.89. The first-order valence-corrected chi connectivity index (χ1v) is 7.49. The van der Waals surface area contributed by atoms with E-state index in [4.69, 9.17) is 13.8 Å². The summed E-state index contributed by atoms with van der Waals surface area (Å²) in [4.78, 5) is 25.3. The van der Waals surface area contributed by atoms with E-state index in [-0.39, 0.29) is 6.61 Å². The highest BCUT2D eigenvalue weighted by atomic mass is 31.1. The number of hydrogen-bond donors (Lipinski definition) is 1. The fourth-order valence-electron chi connectivity index (χ4n) is 1.79. The van der Waals surface area contributed by atoms with Crippen LogP contribution in [0.4, 0.5) is 0 Å². The molecule has 1 N–H and O–H groups in total. The molecule has 0 amide bonds. The van der Waals surface area contributed by atoms with Crippen LogP contribution in [-0.2, 0) is 18.3 Å². The fourth-order valence-corrected chi connectivity index (χ4v) is 2.35. The average molecular weight is 315 g/mol. The van der Waals surface area contributed by atoms with E-state index >= 15 is 0 Å². The van der Waals surface area contributed by atoms with Crippen molar-refractivity contribution in [3.8, 4) is 0 Å². The first kappa shape index (κ1) is 15.8. The molecule has 21 heavy (non-hydrogen) atoms. The van der Waals surface area contributed by atoms with Gasteiger partial charge in [-0.15, -0.1) is 9.05 Å². The summed E-state index contributed by atoms with van der Waals surface area (Å²) < 4.78 is 27.8. The summed E-state index contributed by atoms with van der Waals surface area (Å²) in [5.41, 5.74) is -0.570. The van der Waals surface area contributed by atoms with Crippen LogP contribution in [0, 0.1) is 6.92 Å². The van der Waals surface area contributed by atoms with Gasteiger partial charge in [0.05, 0.1) is 0 Å². The molecule has 9 heteroatoms. The second kappa shape index (κ2) is 6.91. The van der Waals surface area contributed by atoms with Crippen LogP contribution in [0.2, 0.25) is 0 Å². The van der Waals surface area contributed by atoms with Gasteiger partial charge in [-0.2, -0.15) is 0 Å². The van der Waals surface area contributed by atoms with Gasteiger partial charge in [0.15, 0.2) is 6.23 Å². The van der Waals surface area contributed by atoms with Crippen molar-refractivity contribution in [1.29, 1.82) is 0 Å². The summed E-state index contributed by atoms with van der Waals surface area (Å²) in [5.74, 6) is 0. The molecule has 114 valence electrons. The van der Waals surface area contributed by atoms with Crippen molar-refractivity contribution in [2.75, 3.05) is 13.2 Å². The van der Waals surface area contributed by atoms with Crippen LogP contribution in [0.3, 0.4) is 0 Å². The minimum Gasteiger partial charge on any atom is -0.344 e.